The number of aryl methyl sites for hydroxylation is 2. The van der Waals surface area contributed by atoms with Gasteiger partial charge in [-0.2, -0.15) is 0 Å². The molecule has 1 aliphatic rings. The molecule has 1 unspecified atom stereocenters. The Bertz CT molecular complexity index is 872. The molecule has 0 radical (unpaired) electrons. The predicted molar refractivity (Wildman–Crippen MR) is 94.2 cm³/mol. The summed E-state index contributed by atoms with van der Waals surface area (Å²) >= 11 is 0. The number of carbonyl (C=O) groups excluding carboxylic acids is 1. The van der Waals surface area contributed by atoms with Crippen molar-refractivity contribution in [2.24, 2.45) is 0 Å². The summed E-state index contributed by atoms with van der Waals surface area (Å²) in [5.74, 6) is 1.15. The lowest BCUT2D eigenvalue weighted by Crippen LogP contribution is -2.41. The molecule has 0 saturated carbocycles. The number of aromatic amines is 1. The number of amides is 1. The topological polar surface area (TPSA) is 53.9 Å². The fourth-order valence-electron chi connectivity index (χ4n) is 3.84. The maximum absolute atomic E-state index is 12.9. The van der Waals surface area contributed by atoms with E-state index < -0.39 is 0 Å². The first kappa shape index (κ1) is 15.0. The average molecular weight is 322 g/mol. The zero-order valence-corrected chi connectivity index (χ0v) is 14.1. The molecule has 2 aromatic heterocycles. The summed E-state index contributed by atoms with van der Waals surface area (Å²) in [5.41, 5.74) is 3.00. The number of hydrogen-bond donors (Lipinski definition) is 1. The third-order valence-corrected chi connectivity index (χ3v) is 5.02. The quantitative estimate of drug-likeness (QED) is 0.785. The Morgan fingerprint density at radius 3 is 2.96 bits per heavy atom. The lowest BCUT2D eigenvalue weighted by Gasteiger charge is -2.34. The Balaban J connectivity index is 1.58. The summed E-state index contributed by atoms with van der Waals surface area (Å²) in [6, 6.07) is 8.20. The smallest absolute Gasteiger partial charge is 0.253 e. The van der Waals surface area contributed by atoms with Crippen molar-refractivity contribution in [3.63, 3.8) is 0 Å². The Morgan fingerprint density at radius 2 is 2.17 bits per heavy atom. The molecule has 1 N–H and O–H groups in total. The normalized spacial score (nSPS) is 18.2. The van der Waals surface area contributed by atoms with Crippen molar-refractivity contribution in [3.8, 4) is 0 Å². The Kier molecular flexibility index (Phi) is 3.63. The molecule has 0 aliphatic carbocycles. The van der Waals surface area contributed by atoms with Crippen molar-refractivity contribution >= 4 is 16.8 Å². The van der Waals surface area contributed by atoms with E-state index in [1.807, 2.05) is 48.5 Å². The van der Waals surface area contributed by atoms with Gasteiger partial charge in [-0.25, -0.2) is 4.98 Å². The van der Waals surface area contributed by atoms with Crippen LogP contribution in [0.15, 0.2) is 36.7 Å². The molecule has 1 aromatic carbocycles. The molecule has 1 aliphatic heterocycles. The van der Waals surface area contributed by atoms with Crippen LogP contribution >= 0.6 is 0 Å². The first-order valence-electron chi connectivity index (χ1n) is 8.50. The maximum Gasteiger partial charge on any atom is 0.253 e. The van der Waals surface area contributed by atoms with Crippen LogP contribution in [0.4, 0.5) is 0 Å². The van der Waals surface area contributed by atoms with Gasteiger partial charge in [0, 0.05) is 47.6 Å². The minimum atomic E-state index is 0.123. The van der Waals surface area contributed by atoms with Crippen molar-refractivity contribution in [1.82, 2.24) is 19.4 Å². The highest BCUT2D eigenvalue weighted by molar-refractivity contribution is 5.98. The van der Waals surface area contributed by atoms with Crippen LogP contribution in [0.5, 0.6) is 0 Å². The maximum atomic E-state index is 12.9. The van der Waals surface area contributed by atoms with Crippen LogP contribution in [0.25, 0.3) is 10.9 Å². The van der Waals surface area contributed by atoms with Gasteiger partial charge in [0.15, 0.2) is 0 Å². The van der Waals surface area contributed by atoms with Gasteiger partial charge in [0.1, 0.15) is 5.82 Å². The number of imidazole rings is 1. The van der Waals surface area contributed by atoms with Crippen molar-refractivity contribution in [1.29, 1.82) is 0 Å². The first-order valence-corrected chi connectivity index (χ1v) is 8.50. The summed E-state index contributed by atoms with van der Waals surface area (Å²) in [7, 11) is 0. The van der Waals surface area contributed by atoms with Crippen LogP contribution in [-0.2, 0) is 0 Å². The van der Waals surface area contributed by atoms with E-state index in [2.05, 4.69) is 21.5 Å². The third kappa shape index (κ3) is 2.50. The fraction of sp³-hybridized carbons (Fsp3) is 0.368. The van der Waals surface area contributed by atoms with Crippen molar-refractivity contribution in [3.05, 3.63) is 53.7 Å². The van der Waals surface area contributed by atoms with E-state index in [4.69, 9.17) is 0 Å². The van der Waals surface area contributed by atoms with Crippen molar-refractivity contribution in [2.75, 3.05) is 13.1 Å². The molecule has 24 heavy (non-hydrogen) atoms. The van der Waals surface area contributed by atoms with E-state index >= 15 is 0 Å². The molecular formula is C19H22N4O. The zero-order chi connectivity index (χ0) is 16.7. The number of rotatable bonds is 2. The van der Waals surface area contributed by atoms with E-state index in [1.54, 1.807) is 0 Å². The van der Waals surface area contributed by atoms with E-state index in [1.165, 1.54) is 5.69 Å². The monoisotopic (exact) mass is 322 g/mol. The Morgan fingerprint density at radius 1 is 1.29 bits per heavy atom. The van der Waals surface area contributed by atoms with Crippen LogP contribution in [-0.4, -0.2) is 38.4 Å². The molecule has 4 rings (SSSR count). The number of aromatic nitrogens is 3. The standard InChI is InChI=1S/C19H22N4O/c1-13-11-21-14(2)23(13)17-4-3-9-22(12-17)19(24)16-5-6-18-15(10-16)7-8-20-18/h5-8,10-11,17,20H,3-4,9,12H2,1-2H3. The molecule has 3 heterocycles. The molecule has 1 atom stereocenters. The van der Waals surface area contributed by atoms with Crippen LogP contribution in [0, 0.1) is 13.8 Å². The van der Waals surface area contributed by atoms with Gasteiger partial charge in [-0.05, 0) is 51.0 Å². The molecule has 5 heteroatoms. The second-order valence-corrected chi connectivity index (χ2v) is 6.64. The van der Waals surface area contributed by atoms with E-state index in [0.29, 0.717) is 6.04 Å². The molecule has 1 fully saturated rings. The summed E-state index contributed by atoms with van der Waals surface area (Å²) < 4.78 is 2.27. The lowest BCUT2D eigenvalue weighted by molar-refractivity contribution is 0.0677. The molecule has 5 nitrogen and oxygen atoms in total. The van der Waals surface area contributed by atoms with Gasteiger partial charge in [0.2, 0.25) is 0 Å². The minimum Gasteiger partial charge on any atom is -0.361 e. The van der Waals surface area contributed by atoms with Gasteiger partial charge in [0.25, 0.3) is 5.91 Å². The van der Waals surface area contributed by atoms with Gasteiger partial charge >= 0.3 is 0 Å². The number of benzene rings is 1. The largest absolute Gasteiger partial charge is 0.361 e. The number of H-pyrrole nitrogens is 1. The minimum absolute atomic E-state index is 0.123. The van der Waals surface area contributed by atoms with Gasteiger partial charge in [-0.3, -0.25) is 4.79 Å². The van der Waals surface area contributed by atoms with Crippen LogP contribution in [0.3, 0.4) is 0 Å². The van der Waals surface area contributed by atoms with Crippen LogP contribution in [0.2, 0.25) is 0 Å². The van der Waals surface area contributed by atoms with Crippen LogP contribution in [0.1, 0.15) is 40.8 Å². The summed E-state index contributed by atoms with van der Waals surface area (Å²) in [5, 5.41) is 1.08. The highest BCUT2D eigenvalue weighted by atomic mass is 16.2. The highest BCUT2D eigenvalue weighted by Gasteiger charge is 2.27. The summed E-state index contributed by atoms with van der Waals surface area (Å²) in [6.07, 6.45) is 5.94. The molecular weight excluding hydrogens is 300 g/mol. The van der Waals surface area contributed by atoms with Gasteiger partial charge in [-0.15, -0.1) is 0 Å². The number of likely N-dealkylation sites (tertiary alicyclic amines) is 1. The number of hydrogen-bond acceptors (Lipinski definition) is 2. The predicted octanol–water partition coefficient (Wildman–Crippen LogP) is 3.46. The third-order valence-electron chi connectivity index (χ3n) is 5.02. The SMILES string of the molecule is Cc1cnc(C)n1C1CCCN(C(=O)c2ccc3[nH]ccc3c2)C1. The van der Waals surface area contributed by atoms with E-state index in [9.17, 15) is 4.79 Å². The van der Waals surface area contributed by atoms with Gasteiger partial charge in [-0.1, -0.05) is 0 Å². The number of fused-ring (bicyclic) bond motifs is 1. The zero-order valence-electron chi connectivity index (χ0n) is 14.1. The molecule has 3 aromatic rings. The lowest BCUT2D eigenvalue weighted by atomic mass is 10.0. The molecule has 1 amide bonds. The van der Waals surface area contributed by atoms with Crippen molar-refractivity contribution in [2.45, 2.75) is 32.7 Å². The van der Waals surface area contributed by atoms with Gasteiger partial charge < -0.3 is 14.5 Å². The molecule has 0 spiro atoms. The summed E-state index contributed by atoms with van der Waals surface area (Å²) in [6.45, 7) is 5.70. The van der Waals surface area contributed by atoms with Gasteiger partial charge in [0.05, 0.1) is 6.04 Å². The second kappa shape index (κ2) is 5.82. The Hall–Kier alpha value is -2.56. The Labute approximate surface area is 141 Å². The van der Waals surface area contributed by atoms with Crippen LogP contribution < -0.4 is 0 Å². The summed E-state index contributed by atoms with van der Waals surface area (Å²) in [4.78, 5) is 22.5. The number of nitrogens with one attached hydrogen (secondary N) is 1. The first-order chi connectivity index (χ1) is 11.6. The molecule has 0 bridgehead atoms. The number of carbonyl (C=O) groups is 1. The fourth-order valence-corrected chi connectivity index (χ4v) is 3.84. The van der Waals surface area contributed by atoms with Crippen molar-refractivity contribution < 1.29 is 4.79 Å². The average Bonchev–Trinajstić information content (AvgIpc) is 3.20. The molecule has 124 valence electrons. The number of piperidine rings is 1. The van der Waals surface area contributed by atoms with E-state index in [-0.39, 0.29) is 5.91 Å². The molecule has 1 saturated heterocycles. The number of nitrogens with zero attached hydrogens (tertiary/aromatic N) is 3. The highest BCUT2D eigenvalue weighted by Crippen LogP contribution is 2.26. The van der Waals surface area contributed by atoms with E-state index in [0.717, 1.165) is 48.2 Å². The second-order valence-electron chi connectivity index (χ2n) is 6.64.